The van der Waals surface area contributed by atoms with Gasteiger partial charge in [-0.3, -0.25) is 4.79 Å². The molecule has 0 saturated heterocycles. The number of benzene rings is 2. The second-order valence-electron chi connectivity index (χ2n) is 9.83. The molecule has 1 heterocycles. The SMILES string of the molecule is CCCCN(CC(=O)N(CCc1ccc(OC)c(OC)c1)Cc1cccs1)C(=O)Nc1cc(C(F)(F)F)cc(C(F)(F)F)c1. The number of unbranched alkanes of at least 4 members (excludes halogenated alkanes) is 1. The number of nitrogens with one attached hydrogen (secondary N) is 1. The number of carbonyl (C=O) groups is 2. The van der Waals surface area contributed by atoms with Crippen molar-refractivity contribution in [2.24, 2.45) is 0 Å². The number of hydrogen-bond acceptors (Lipinski definition) is 5. The number of hydrogen-bond donors (Lipinski definition) is 1. The van der Waals surface area contributed by atoms with Crippen molar-refractivity contribution >= 4 is 29.0 Å². The Labute approximate surface area is 255 Å². The zero-order valence-corrected chi connectivity index (χ0v) is 25.2. The molecular formula is C30H33F6N3O4S. The van der Waals surface area contributed by atoms with Crippen molar-refractivity contribution in [2.45, 2.75) is 45.1 Å². The molecule has 0 unspecified atom stereocenters. The maximum atomic E-state index is 13.6. The lowest BCUT2D eigenvalue weighted by Crippen LogP contribution is -2.45. The van der Waals surface area contributed by atoms with Crippen molar-refractivity contribution in [3.63, 3.8) is 0 Å². The number of urea groups is 1. The fourth-order valence-electron chi connectivity index (χ4n) is 4.28. The highest BCUT2D eigenvalue weighted by atomic mass is 32.1. The third-order valence-corrected chi connectivity index (χ3v) is 7.49. The number of ether oxygens (including phenoxy) is 2. The van der Waals surface area contributed by atoms with E-state index in [1.807, 2.05) is 30.5 Å². The van der Waals surface area contributed by atoms with Crippen LogP contribution in [-0.2, 0) is 30.1 Å². The third-order valence-electron chi connectivity index (χ3n) is 6.63. The molecule has 3 aromatic rings. The molecule has 3 rings (SSSR count). The summed E-state index contributed by atoms with van der Waals surface area (Å²) >= 11 is 1.44. The van der Waals surface area contributed by atoms with E-state index in [9.17, 15) is 35.9 Å². The summed E-state index contributed by atoms with van der Waals surface area (Å²) in [5.74, 6) is 0.625. The highest BCUT2D eigenvalue weighted by Crippen LogP contribution is 2.37. The molecule has 7 nitrogen and oxygen atoms in total. The normalized spacial score (nSPS) is 11.7. The molecule has 1 N–H and O–H groups in total. The smallest absolute Gasteiger partial charge is 0.416 e. The van der Waals surface area contributed by atoms with E-state index in [4.69, 9.17) is 9.47 Å². The highest BCUT2D eigenvalue weighted by molar-refractivity contribution is 7.09. The van der Waals surface area contributed by atoms with Gasteiger partial charge in [0.2, 0.25) is 5.91 Å². The van der Waals surface area contributed by atoms with E-state index in [-0.39, 0.29) is 25.7 Å². The Balaban J connectivity index is 1.82. The first-order chi connectivity index (χ1) is 20.7. The van der Waals surface area contributed by atoms with E-state index >= 15 is 0 Å². The first-order valence-electron chi connectivity index (χ1n) is 13.6. The molecule has 0 atom stereocenters. The summed E-state index contributed by atoms with van der Waals surface area (Å²) in [7, 11) is 3.02. The van der Waals surface area contributed by atoms with Crippen LogP contribution in [0.15, 0.2) is 53.9 Å². The molecule has 240 valence electrons. The topological polar surface area (TPSA) is 71.1 Å². The zero-order chi connectivity index (χ0) is 32.5. The number of carbonyl (C=O) groups excluding carboxylic acids is 2. The number of anilines is 1. The molecule has 0 saturated carbocycles. The maximum absolute atomic E-state index is 13.6. The molecule has 0 radical (unpaired) electrons. The quantitative estimate of drug-likeness (QED) is 0.194. The Kier molecular flexibility index (Phi) is 11.9. The van der Waals surface area contributed by atoms with Crippen LogP contribution in [0.25, 0.3) is 0 Å². The van der Waals surface area contributed by atoms with E-state index in [2.05, 4.69) is 5.32 Å². The van der Waals surface area contributed by atoms with Crippen LogP contribution in [0, 0.1) is 0 Å². The van der Waals surface area contributed by atoms with Crippen molar-refractivity contribution in [1.29, 1.82) is 0 Å². The van der Waals surface area contributed by atoms with Crippen LogP contribution >= 0.6 is 11.3 Å². The van der Waals surface area contributed by atoms with E-state index in [0.29, 0.717) is 42.9 Å². The van der Waals surface area contributed by atoms with Gasteiger partial charge in [0.25, 0.3) is 0 Å². The van der Waals surface area contributed by atoms with Crippen LogP contribution in [0.4, 0.5) is 36.8 Å². The fourth-order valence-corrected chi connectivity index (χ4v) is 5.00. The molecule has 0 aliphatic carbocycles. The van der Waals surface area contributed by atoms with Crippen molar-refractivity contribution < 1.29 is 45.4 Å². The van der Waals surface area contributed by atoms with Crippen LogP contribution in [0.2, 0.25) is 0 Å². The molecule has 0 fully saturated rings. The summed E-state index contributed by atoms with van der Waals surface area (Å²) in [5, 5.41) is 4.00. The van der Waals surface area contributed by atoms with Gasteiger partial charge in [-0.25, -0.2) is 4.79 Å². The number of nitrogens with zero attached hydrogens (tertiary/aromatic N) is 2. The van der Waals surface area contributed by atoms with Gasteiger partial charge in [0.15, 0.2) is 11.5 Å². The van der Waals surface area contributed by atoms with Crippen molar-refractivity contribution in [2.75, 3.05) is 39.2 Å². The summed E-state index contributed by atoms with van der Waals surface area (Å²) in [5.41, 5.74) is -2.94. The minimum atomic E-state index is -5.07. The summed E-state index contributed by atoms with van der Waals surface area (Å²) in [4.78, 5) is 30.3. The monoisotopic (exact) mass is 645 g/mol. The molecule has 2 aromatic carbocycles. The largest absolute Gasteiger partial charge is 0.493 e. The molecule has 14 heteroatoms. The van der Waals surface area contributed by atoms with Crippen LogP contribution in [-0.4, -0.2) is 55.6 Å². The summed E-state index contributed by atoms with van der Waals surface area (Å²) in [6.07, 6.45) is -8.64. The van der Waals surface area contributed by atoms with Gasteiger partial charge in [0.1, 0.15) is 6.54 Å². The van der Waals surface area contributed by atoms with Crippen LogP contribution < -0.4 is 14.8 Å². The predicted molar refractivity (Wildman–Crippen MR) is 155 cm³/mol. The van der Waals surface area contributed by atoms with Gasteiger partial charge in [-0.2, -0.15) is 26.3 Å². The van der Waals surface area contributed by atoms with Crippen molar-refractivity contribution in [1.82, 2.24) is 9.80 Å². The number of methoxy groups -OCH3 is 2. The van der Waals surface area contributed by atoms with E-state index < -0.39 is 47.6 Å². The predicted octanol–water partition coefficient (Wildman–Crippen LogP) is 7.71. The number of amides is 3. The number of rotatable bonds is 13. The van der Waals surface area contributed by atoms with Crippen LogP contribution in [0.1, 0.15) is 41.3 Å². The first-order valence-corrected chi connectivity index (χ1v) is 14.5. The molecule has 3 amide bonds. The number of halogens is 6. The number of thiophene rings is 1. The Morgan fingerprint density at radius 2 is 1.52 bits per heavy atom. The molecule has 0 aliphatic rings. The van der Waals surface area contributed by atoms with Gasteiger partial charge < -0.3 is 24.6 Å². The minimum absolute atomic E-state index is 0.0190. The Hall–Kier alpha value is -3.94. The van der Waals surface area contributed by atoms with Gasteiger partial charge in [-0.05, 0) is 60.2 Å². The molecular weight excluding hydrogens is 612 g/mol. The van der Waals surface area contributed by atoms with Gasteiger partial charge in [0.05, 0.1) is 31.9 Å². The molecule has 0 aliphatic heterocycles. The molecule has 1 aromatic heterocycles. The van der Waals surface area contributed by atoms with Crippen LogP contribution in [0.3, 0.4) is 0 Å². The summed E-state index contributed by atoms with van der Waals surface area (Å²) in [6.45, 7) is 1.97. The average molecular weight is 646 g/mol. The Bertz CT molecular complexity index is 1360. The minimum Gasteiger partial charge on any atom is -0.493 e. The Morgan fingerprint density at radius 3 is 2.07 bits per heavy atom. The van der Waals surface area contributed by atoms with E-state index in [1.165, 1.54) is 25.6 Å². The second-order valence-corrected chi connectivity index (χ2v) is 10.9. The van der Waals surface area contributed by atoms with E-state index in [0.717, 1.165) is 15.3 Å². The van der Waals surface area contributed by atoms with Crippen LogP contribution in [0.5, 0.6) is 11.5 Å². The lowest BCUT2D eigenvalue weighted by molar-refractivity contribution is -0.143. The lowest BCUT2D eigenvalue weighted by atomic mass is 10.1. The third kappa shape index (κ3) is 9.79. The standard InChI is InChI=1S/C30H33F6N3O4S/c1-4-5-11-39(28(41)37-23-16-21(29(31,32)33)15-22(17-23)30(34,35)36)19-27(40)38(18-24-7-6-13-44-24)12-10-20-8-9-25(42-2)26(14-20)43-3/h6-9,13-17H,4-5,10-12,18-19H2,1-3H3,(H,37,41). The fraction of sp³-hybridized carbons (Fsp3) is 0.400. The van der Waals surface area contributed by atoms with E-state index in [1.54, 1.807) is 17.0 Å². The maximum Gasteiger partial charge on any atom is 0.416 e. The summed E-state index contributed by atoms with van der Waals surface area (Å²) < 4.78 is 90.6. The molecule has 44 heavy (non-hydrogen) atoms. The zero-order valence-electron chi connectivity index (χ0n) is 24.3. The number of alkyl halides is 6. The van der Waals surface area contributed by atoms with Gasteiger partial charge >= 0.3 is 18.4 Å². The van der Waals surface area contributed by atoms with Crippen molar-refractivity contribution in [3.05, 3.63) is 75.5 Å². The van der Waals surface area contributed by atoms with Gasteiger partial charge in [-0.15, -0.1) is 11.3 Å². The first kappa shape index (κ1) is 34.5. The molecule has 0 bridgehead atoms. The van der Waals surface area contributed by atoms with Crippen molar-refractivity contribution in [3.8, 4) is 11.5 Å². The highest BCUT2D eigenvalue weighted by Gasteiger charge is 2.37. The van der Waals surface area contributed by atoms with Gasteiger partial charge in [-0.1, -0.05) is 25.5 Å². The average Bonchev–Trinajstić information content (AvgIpc) is 3.49. The lowest BCUT2D eigenvalue weighted by Gasteiger charge is -2.28. The summed E-state index contributed by atoms with van der Waals surface area (Å²) in [6, 6.07) is 8.91. The second kappa shape index (κ2) is 15.2. The Morgan fingerprint density at radius 1 is 0.864 bits per heavy atom. The van der Waals surface area contributed by atoms with Gasteiger partial charge in [0, 0.05) is 23.7 Å². The molecule has 0 spiro atoms.